The molecule has 0 bridgehead atoms. The van der Waals surface area contributed by atoms with Gasteiger partial charge in [-0.2, -0.15) is 0 Å². The molecule has 2 aromatic carbocycles. The zero-order valence-corrected chi connectivity index (χ0v) is 14.2. The van der Waals surface area contributed by atoms with Crippen LogP contribution in [0.3, 0.4) is 0 Å². The van der Waals surface area contributed by atoms with E-state index in [2.05, 4.69) is 89.0 Å². The minimum atomic E-state index is -0.168. The lowest BCUT2D eigenvalue weighted by Gasteiger charge is -2.35. The Balaban J connectivity index is 1.67. The Bertz CT molecular complexity index is 1000. The molecule has 0 saturated heterocycles. The predicted octanol–water partition coefficient (Wildman–Crippen LogP) is 5.23. The number of aromatic amines is 1. The van der Waals surface area contributed by atoms with Gasteiger partial charge in [0.1, 0.15) is 12.0 Å². The van der Waals surface area contributed by atoms with Crippen LogP contribution in [0.5, 0.6) is 0 Å². The smallest absolute Gasteiger partial charge is 0.181 e. The lowest BCUT2D eigenvalue weighted by atomic mass is 9.68. The molecule has 4 aromatic rings. The van der Waals surface area contributed by atoms with E-state index in [9.17, 15) is 0 Å². The molecule has 0 saturated carbocycles. The van der Waals surface area contributed by atoms with Crippen LogP contribution in [-0.4, -0.2) is 9.97 Å². The Labute approximate surface area is 152 Å². The summed E-state index contributed by atoms with van der Waals surface area (Å²) in [4.78, 5) is 7.67. The monoisotopic (exact) mass is 338 g/mol. The second-order valence-corrected chi connectivity index (χ2v) is 6.69. The topological polar surface area (TPSA) is 41.8 Å². The van der Waals surface area contributed by atoms with E-state index in [-0.39, 0.29) is 5.41 Å². The molecule has 5 rings (SSSR count). The molecule has 3 heteroatoms. The number of fused-ring (bicyclic) bond motifs is 1. The molecule has 0 aliphatic heterocycles. The number of allylic oxidation sites excluding steroid dienone is 1. The number of benzene rings is 2. The quantitative estimate of drug-likeness (QED) is 0.556. The van der Waals surface area contributed by atoms with Gasteiger partial charge < -0.3 is 9.40 Å². The summed E-state index contributed by atoms with van der Waals surface area (Å²) in [6.45, 7) is 0. The minimum absolute atomic E-state index is 0.168. The first kappa shape index (κ1) is 15.0. The van der Waals surface area contributed by atoms with Crippen molar-refractivity contribution in [1.29, 1.82) is 0 Å². The summed E-state index contributed by atoms with van der Waals surface area (Å²) in [7, 11) is 0. The van der Waals surface area contributed by atoms with Gasteiger partial charge in [-0.1, -0.05) is 72.8 Å². The van der Waals surface area contributed by atoms with Gasteiger partial charge in [0.15, 0.2) is 6.39 Å². The van der Waals surface area contributed by atoms with Crippen molar-refractivity contribution in [3.63, 3.8) is 0 Å². The van der Waals surface area contributed by atoms with Crippen molar-refractivity contribution in [3.8, 4) is 11.4 Å². The lowest BCUT2D eigenvalue weighted by Crippen LogP contribution is -2.30. The summed E-state index contributed by atoms with van der Waals surface area (Å²) >= 11 is 0. The predicted molar refractivity (Wildman–Crippen MR) is 103 cm³/mol. The average molecular weight is 338 g/mol. The van der Waals surface area contributed by atoms with E-state index < -0.39 is 0 Å². The molecule has 1 aliphatic carbocycles. The van der Waals surface area contributed by atoms with Gasteiger partial charge in [-0.05, 0) is 23.1 Å². The number of oxazole rings is 1. The van der Waals surface area contributed by atoms with Crippen LogP contribution in [0.4, 0.5) is 0 Å². The highest BCUT2D eigenvalue weighted by atomic mass is 16.3. The van der Waals surface area contributed by atoms with Crippen molar-refractivity contribution in [2.45, 2.75) is 11.8 Å². The van der Waals surface area contributed by atoms with E-state index in [4.69, 9.17) is 4.42 Å². The molecule has 0 amide bonds. The maximum absolute atomic E-state index is 5.15. The van der Waals surface area contributed by atoms with Gasteiger partial charge in [0, 0.05) is 17.2 Å². The molecule has 1 aliphatic rings. The summed E-state index contributed by atoms with van der Waals surface area (Å²) in [5, 5.41) is 0. The number of hydrogen-bond acceptors (Lipinski definition) is 2. The summed E-state index contributed by atoms with van der Waals surface area (Å²) in [5.41, 5.74) is 6.77. The van der Waals surface area contributed by atoms with Crippen LogP contribution >= 0.6 is 0 Å². The summed E-state index contributed by atoms with van der Waals surface area (Å²) in [6.07, 6.45) is 10.7. The van der Waals surface area contributed by atoms with Gasteiger partial charge in [0.2, 0.25) is 0 Å². The molecule has 126 valence electrons. The van der Waals surface area contributed by atoms with Crippen LogP contribution in [0, 0.1) is 0 Å². The first-order valence-electron chi connectivity index (χ1n) is 8.76. The molecule has 1 N–H and O–H groups in total. The molecule has 0 radical (unpaired) electrons. The number of H-pyrrole nitrogens is 1. The molecule has 2 aromatic heterocycles. The highest BCUT2D eigenvalue weighted by molar-refractivity contribution is 5.76. The summed E-state index contributed by atoms with van der Waals surface area (Å²) in [5.74, 6) is 0. The van der Waals surface area contributed by atoms with Gasteiger partial charge in [-0.3, -0.25) is 0 Å². The Morgan fingerprint density at radius 1 is 0.923 bits per heavy atom. The van der Waals surface area contributed by atoms with E-state index in [1.807, 2.05) is 0 Å². The van der Waals surface area contributed by atoms with Gasteiger partial charge in [0.05, 0.1) is 5.69 Å². The maximum atomic E-state index is 5.15. The summed E-state index contributed by atoms with van der Waals surface area (Å²) < 4.78 is 5.15. The Morgan fingerprint density at radius 2 is 1.62 bits per heavy atom. The van der Waals surface area contributed by atoms with Gasteiger partial charge in [-0.15, -0.1) is 0 Å². The molecular weight excluding hydrogens is 320 g/mol. The molecule has 0 atom stereocenters. The fraction of sp³-hybridized carbons (Fsp3) is 0.0870. The van der Waals surface area contributed by atoms with E-state index in [1.165, 1.54) is 28.6 Å². The van der Waals surface area contributed by atoms with Crippen LogP contribution in [0.2, 0.25) is 0 Å². The largest absolute Gasteiger partial charge is 0.451 e. The van der Waals surface area contributed by atoms with Crippen molar-refractivity contribution < 1.29 is 4.42 Å². The van der Waals surface area contributed by atoms with Crippen molar-refractivity contribution in [3.05, 3.63) is 108 Å². The zero-order valence-electron chi connectivity index (χ0n) is 14.2. The van der Waals surface area contributed by atoms with Crippen molar-refractivity contribution in [1.82, 2.24) is 9.97 Å². The fourth-order valence-corrected chi connectivity index (χ4v) is 3.98. The first-order valence-corrected chi connectivity index (χ1v) is 8.76. The van der Waals surface area contributed by atoms with Gasteiger partial charge >= 0.3 is 0 Å². The first-order chi connectivity index (χ1) is 12.9. The van der Waals surface area contributed by atoms with Crippen LogP contribution in [-0.2, 0) is 11.8 Å². The standard InChI is InChI=1S/C23H18N2O/c1-3-7-18(8-4-1)23(19-9-5-2-6-10-19)12-11-20-17(13-23)14-24-22(20)21-15-26-16-25-21/h1-12,14-16,24H,13H2. The molecular formula is C23H18N2O. The Hall–Kier alpha value is -3.33. The Morgan fingerprint density at radius 3 is 2.23 bits per heavy atom. The van der Waals surface area contributed by atoms with Crippen LogP contribution < -0.4 is 0 Å². The van der Waals surface area contributed by atoms with E-state index in [0.717, 1.165) is 17.8 Å². The van der Waals surface area contributed by atoms with Crippen molar-refractivity contribution in [2.75, 3.05) is 0 Å². The SMILES string of the molecule is C1=CC(c2ccccc2)(c2ccccc2)Cc2c[nH]c(-c3cocn3)c21. The lowest BCUT2D eigenvalue weighted by molar-refractivity contribution is 0.558. The van der Waals surface area contributed by atoms with Crippen LogP contribution in [0.1, 0.15) is 22.3 Å². The zero-order chi connectivity index (χ0) is 17.4. The fourth-order valence-electron chi connectivity index (χ4n) is 3.98. The molecule has 3 nitrogen and oxygen atoms in total. The average Bonchev–Trinajstić information content (AvgIpc) is 3.38. The van der Waals surface area contributed by atoms with Crippen molar-refractivity contribution >= 4 is 6.08 Å². The molecule has 26 heavy (non-hydrogen) atoms. The third-order valence-corrected chi connectivity index (χ3v) is 5.28. The van der Waals surface area contributed by atoms with Gasteiger partial charge in [0.25, 0.3) is 0 Å². The Kier molecular flexibility index (Phi) is 3.39. The molecule has 2 heterocycles. The van der Waals surface area contributed by atoms with E-state index >= 15 is 0 Å². The number of hydrogen-bond donors (Lipinski definition) is 1. The molecule has 0 spiro atoms. The summed E-state index contributed by atoms with van der Waals surface area (Å²) in [6, 6.07) is 21.5. The maximum Gasteiger partial charge on any atom is 0.181 e. The number of rotatable bonds is 3. The second kappa shape index (κ2) is 5.88. The normalized spacial score (nSPS) is 14.9. The third kappa shape index (κ3) is 2.25. The van der Waals surface area contributed by atoms with Crippen LogP contribution in [0.25, 0.3) is 17.5 Å². The van der Waals surface area contributed by atoms with Gasteiger partial charge in [-0.25, -0.2) is 4.98 Å². The number of aromatic nitrogens is 2. The highest BCUT2D eigenvalue weighted by Crippen LogP contribution is 2.43. The number of nitrogens with one attached hydrogen (secondary N) is 1. The van der Waals surface area contributed by atoms with E-state index in [0.29, 0.717) is 0 Å². The minimum Gasteiger partial charge on any atom is -0.451 e. The highest BCUT2D eigenvalue weighted by Gasteiger charge is 2.35. The van der Waals surface area contributed by atoms with E-state index in [1.54, 1.807) is 6.26 Å². The van der Waals surface area contributed by atoms with Crippen LogP contribution in [0.15, 0.2) is 90.0 Å². The second-order valence-electron chi connectivity index (χ2n) is 6.69. The molecule has 0 unspecified atom stereocenters. The third-order valence-electron chi connectivity index (χ3n) is 5.28. The molecule has 0 fully saturated rings. The number of nitrogens with zero attached hydrogens (tertiary/aromatic N) is 1. The van der Waals surface area contributed by atoms with Crippen molar-refractivity contribution in [2.24, 2.45) is 0 Å².